The highest BCUT2D eigenvalue weighted by molar-refractivity contribution is 7.08. The molecule has 0 unspecified atom stereocenters. The third kappa shape index (κ3) is 5.42. The Morgan fingerprint density at radius 1 is 1.12 bits per heavy atom. The molecule has 0 saturated carbocycles. The van der Waals surface area contributed by atoms with E-state index in [-0.39, 0.29) is 37.2 Å². The maximum atomic E-state index is 12.2. The van der Waals surface area contributed by atoms with Gasteiger partial charge in [-0.3, -0.25) is 14.4 Å². The van der Waals surface area contributed by atoms with E-state index in [4.69, 9.17) is 0 Å². The molecular weight excluding hydrogens is 350 g/mol. The molecule has 0 aliphatic carbocycles. The molecule has 7 heteroatoms. The standard InChI is InChI=1S/C19H23N3O3S/c1-13-5-4-6-14(2)18(13)21-16(23)11-22(3)17(24)7-9-20-19(25)15-8-10-26-12-15/h4-6,8,10,12H,7,9,11H2,1-3H3,(H,20,25)(H,21,23). The van der Waals surface area contributed by atoms with Crippen molar-refractivity contribution < 1.29 is 14.4 Å². The minimum absolute atomic E-state index is 0.0366. The van der Waals surface area contributed by atoms with Gasteiger partial charge in [-0.15, -0.1) is 0 Å². The molecular formula is C19H23N3O3S. The summed E-state index contributed by atoms with van der Waals surface area (Å²) < 4.78 is 0. The van der Waals surface area contributed by atoms with Gasteiger partial charge in [-0.05, 0) is 36.4 Å². The molecule has 0 atom stereocenters. The van der Waals surface area contributed by atoms with E-state index in [0.717, 1.165) is 16.8 Å². The second-order valence-corrected chi connectivity index (χ2v) is 6.86. The lowest BCUT2D eigenvalue weighted by atomic mass is 10.1. The quantitative estimate of drug-likeness (QED) is 0.783. The molecule has 2 rings (SSSR count). The lowest BCUT2D eigenvalue weighted by Gasteiger charge is -2.18. The highest BCUT2D eigenvalue weighted by Crippen LogP contribution is 2.19. The van der Waals surface area contributed by atoms with Crippen LogP contribution < -0.4 is 10.6 Å². The van der Waals surface area contributed by atoms with Crippen LogP contribution in [0.15, 0.2) is 35.0 Å². The Morgan fingerprint density at radius 3 is 2.42 bits per heavy atom. The second kappa shape index (κ2) is 9.15. The number of carbonyl (C=O) groups excluding carboxylic acids is 3. The molecule has 3 amide bonds. The number of likely N-dealkylation sites (N-methyl/N-ethyl adjacent to an activating group) is 1. The van der Waals surface area contributed by atoms with Crippen molar-refractivity contribution in [1.29, 1.82) is 0 Å². The average molecular weight is 373 g/mol. The SMILES string of the molecule is Cc1cccc(C)c1NC(=O)CN(C)C(=O)CCNC(=O)c1ccsc1. The number of para-hydroxylation sites is 1. The summed E-state index contributed by atoms with van der Waals surface area (Å²) in [5.74, 6) is -0.651. The van der Waals surface area contributed by atoms with Crippen molar-refractivity contribution >= 4 is 34.7 Å². The van der Waals surface area contributed by atoms with Gasteiger partial charge in [0.05, 0.1) is 6.54 Å². The molecule has 2 aromatic rings. The zero-order chi connectivity index (χ0) is 19.1. The minimum Gasteiger partial charge on any atom is -0.351 e. The van der Waals surface area contributed by atoms with Gasteiger partial charge >= 0.3 is 0 Å². The number of hydrogen-bond donors (Lipinski definition) is 2. The normalized spacial score (nSPS) is 10.3. The van der Waals surface area contributed by atoms with Gasteiger partial charge < -0.3 is 15.5 Å². The second-order valence-electron chi connectivity index (χ2n) is 6.08. The first-order valence-electron chi connectivity index (χ1n) is 8.29. The Labute approximate surface area is 157 Å². The lowest BCUT2D eigenvalue weighted by Crippen LogP contribution is -2.37. The summed E-state index contributed by atoms with van der Waals surface area (Å²) in [5.41, 5.74) is 3.32. The van der Waals surface area contributed by atoms with Gasteiger partial charge in [0.1, 0.15) is 0 Å². The van der Waals surface area contributed by atoms with E-state index in [2.05, 4.69) is 10.6 Å². The number of rotatable bonds is 7. The van der Waals surface area contributed by atoms with Crippen molar-refractivity contribution in [3.63, 3.8) is 0 Å². The van der Waals surface area contributed by atoms with Crippen molar-refractivity contribution in [1.82, 2.24) is 10.2 Å². The number of thiophene rings is 1. The van der Waals surface area contributed by atoms with Crippen LogP contribution in [0.2, 0.25) is 0 Å². The largest absolute Gasteiger partial charge is 0.351 e. The van der Waals surface area contributed by atoms with Crippen LogP contribution in [0.4, 0.5) is 5.69 Å². The maximum absolute atomic E-state index is 12.2. The van der Waals surface area contributed by atoms with Gasteiger partial charge in [0, 0.05) is 36.6 Å². The summed E-state index contributed by atoms with van der Waals surface area (Å²) in [6, 6.07) is 7.51. The predicted molar refractivity (Wildman–Crippen MR) is 103 cm³/mol. The number of nitrogens with one attached hydrogen (secondary N) is 2. The molecule has 0 saturated heterocycles. The van der Waals surface area contributed by atoms with Crippen molar-refractivity contribution in [3.8, 4) is 0 Å². The summed E-state index contributed by atoms with van der Waals surface area (Å²) in [4.78, 5) is 37.5. The summed E-state index contributed by atoms with van der Waals surface area (Å²) in [7, 11) is 1.58. The highest BCUT2D eigenvalue weighted by Gasteiger charge is 2.15. The number of nitrogens with zero attached hydrogens (tertiary/aromatic N) is 1. The van der Waals surface area contributed by atoms with Gasteiger partial charge in [-0.2, -0.15) is 11.3 Å². The molecule has 0 radical (unpaired) electrons. The molecule has 2 N–H and O–H groups in total. The van der Waals surface area contributed by atoms with Crippen molar-refractivity contribution in [2.75, 3.05) is 25.5 Å². The molecule has 0 aliphatic rings. The summed E-state index contributed by atoms with van der Waals surface area (Å²) in [5, 5.41) is 9.13. The summed E-state index contributed by atoms with van der Waals surface area (Å²) in [6.07, 6.45) is 0.142. The van der Waals surface area contributed by atoms with Crippen molar-refractivity contribution in [3.05, 3.63) is 51.7 Å². The van der Waals surface area contributed by atoms with Crippen LogP contribution in [-0.4, -0.2) is 42.8 Å². The Kier molecular flexibility index (Phi) is 6.91. The van der Waals surface area contributed by atoms with Crippen LogP contribution in [0.3, 0.4) is 0 Å². The van der Waals surface area contributed by atoms with E-state index in [0.29, 0.717) is 5.56 Å². The van der Waals surface area contributed by atoms with Crippen LogP contribution in [0.25, 0.3) is 0 Å². The molecule has 0 fully saturated rings. The first-order chi connectivity index (χ1) is 12.4. The molecule has 0 bridgehead atoms. The number of amides is 3. The van der Waals surface area contributed by atoms with Gasteiger partial charge in [0.25, 0.3) is 5.91 Å². The number of anilines is 1. The molecule has 0 aliphatic heterocycles. The Bertz CT molecular complexity index is 767. The van der Waals surface area contributed by atoms with Crippen molar-refractivity contribution in [2.45, 2.75) is 20.3 Å². The van der Waals surface area contributed by atoms with Crippen LogP contribution in [-0.2, 0) is 9.59 Å². The van der Waals surface area contributed by atoms with E-state index in [1.807, 2.05) is 37.4 Å². The van der Waals surface area contributed by atoms with E-state index < -0.39 is 0 Å². The van der Waals surface area contributed by atoms with Gasteiger partial charge in [-0.1, -0.05) is 18.2 Å². The maximum Gasteiger partial charge on any atom is 0.252 e. The average Bonchev–Trinajstić information content (AvgIpc) is 3.12. The molecule has 138 valence electrons. The Hall–Kier alpha value is -2.67. The van der Waals surface area contributed by atoms with Crippen LogP contribution in [0, 0.1) is 13.8 Å². The van der Waals surface area contributed by atoms with E-state index >= 15 is 0 Å². The first-order valence-corrected chi connectivity index (χ1v) is 9.23. The van der Waals surface area contributed by atoms with Crippen LogP contribution >= 0.6 is 11.3 Å². The Morgan fingerprint density at radius 2 is 1.81 bits per heavy atom. The molecule has 0 spiro atoms. The van der Waals surface area contributed by atoms with Gasteiger partial charge in [0.15, 0.2) is 0 Å². The molecule has 1 aromatic carbocycles. The fourth-order valence-electron chi connectivity index (χ4n) is 2.46. The van der Waals surface area contributed by atoms with E-state index in [9.17, 15) is 14.4 Å². The third-order valence-electron chi connectivity index (χ3n) is 3.96. The molecule has 6 nitrogen and oxygen atoms in total. The van der Waals surface area contributed by atoms with Crippen LogP contribution in [0.5, 0.6) is 0 Å². The topological polar surface area (TPSA) is 78.5 Å². The Balaban J connectivity index is 1.77. The number of carbonyl (C=O) groups is 3. The highest BCUT2D eigenvalue weighted by atomic mass is 32.1. The first kappa shape index (κ1) is 19.7. The van der Waals surface area contributed by atoms with Gasteiger partial charge in [-0.25, -0.2) is 0 Å². The van der Waals surface area contributed by atoms with E-state index in [1.165, 1.54) is 16.2 Å². The number of aryl methyl sites for hydroxylation is 2. The molecule has 26 heavy (non-hydrogen) atoms. The fraction of sp³-hybridized carbons (Fsp3) is 0.316. The zero-order valence-corrected chi connectivity index (χ0v) is 16.0. The predicted octanol–water partition coefficient (Wildman–Crippen LogP) is 2.58. The molecule has 1 aromatic heterocycles. The monoisotopic (exact) mass is 373 g/mol. The third-order valence-corrected chi connectivity index (χ3v) is 4.64. The summed E-state index contributed by atoms with van der Waals surface area (Å²) >= 11 is 1.44. The zero-order valence-electron chi connectivity index (χ0n) is 15.2. The lowest BCUT2D eigenvalue weighted by molar-refractivity contribution is -0.133. The van der Waals surface area contributed by atoms with Crippen LogP contribution in [0.1, 0.15) is 27.9 Å². The molecule has 1 heterocycles. The minimum atomic E-state index is -0.249. The fourth-order valence-corrected chi connectivity index (χ4v) is 3.10. The van der Waals surface area contributed by atoms with E-state index in [1.54, 1.807) is 18.5 Å². The summed E-state index contributed by atoms with van der Waals surface area (Å²) in [6.45, 7) is 4.04. The number of benzene rings is 1. The smallest absolute Gasteiger partial charge is 0.252 e. The van der Waals surface area contributed by atoms with Crippen molar-refractivity contribution in [2.24, 2.45) is 0 Å². The number of hydrogen-bond acceptors (Lipinski definition) is 4. The van der Waals surface area contributed by atoms with Gasteiger partial charge in [0.2, 0.25) is 11.8 Å².